The van der Waals surface area contributed by atoms with Gasteiger partial charge in [0.25, 0.3) is 0 Å². The lowest BCUT2D eigenvalue weighted by molar-refractivity contribution is 0.0698. The summed E-state index contributed by atoms with van der Waals surface area (Å²) in [6, 6.07) is 5.10. The smallest absolute Gasteiger partial charge is 0.337 e. The molecule has 1 rings (SSSR count). The molecule has 0 radical (unpaired) electrons. The van der Waals surface area contributed by atoms with Crippen LogP contribution in [0.15, 0.2) is 29.8 Å². The summed E-state index contributed by atoms with van der Waals surface area (Å²) in [6.45, 7) is 5.72. The molecule has 2 N–H and O–H groups in total. The minimum atomic E-state index is -0.957. The van der Waals surface area contributed by atoms with Crippen molar-refractivity contribution in [3.63, 3.8) is 0 Å². The summed E-state index contributed by atoms with van der Waals surface area (Å²) in [4.78, 5) is 10.9. The third-order valence-corrected chi connectivity index (χ3v) is 2.09. The summed E-state index contributed by atoms with van der Waals surface area (Å²) < 4.78 is 0. The molecule has 0 atom stereocenters. The third-order valence-electron chi connectivity index (χ3n) is 1.96. The Morgan fingerprint density at radius 1 is 1.60 bits per heavy atom. The van der Waals surface area contributed by atoms with Crippen LogP contribution in [0.5, 0.6) is 0 Å². The van der Waals surface area contributed by atoms with Crippen molar-refractivity contribution in [1.82, 2.24) is 0 Å². The molecule has 0 aromatic heterocycles. The Labute approximate surface area is 93.4 Å². The van der Waals surface area contributed by atoms with Crippen molar-refractivity contribution < 1.29 is 9.90 Å². The molecule has 0 heterocycles. The molecule has 0 aliphatic rings. The number of carboxylic acids is 1. The molecule has 3 nitrogen and oxygen atoms in total. The van der Waals surface area contributed by atoms with Crippen molar-refractivity contribution in [1.29, 1.82) is 0 Å². The highest BCUT2D eigenvalue weighted by Crippen LogP contribution is 2.20. The number of nitrogens with one attached hydrogen (secondary N) is 1. The van der Waals surface area contributed by atoms with Crippen LogP contribution in [0, 0.1) is 6.92 Å². The number of benzene rings is 1. The number of carboxylic acid groups (broad SMARTS) is 1. The molecule has 0 saturated heterocycles. The first kappa shape index (κ1) is 11.6. The van der Waals surface area contributed by atoms with E-state index in [-0.39, 0.29) is 5.56 Å². The van der Waals surface area contributed by atoms with Crippen molar-refractivity contribution in [2.45, 2.75) is 6.92 Å². The predicted octanol–water partition coefficient (Wildman–Crippen LogP) is 2.86. The molecule has 0 saturated carbocycles. The van der Waals surface area contributed by atoms with Crippen LogP contribution < -0.4 is 5.32 Å². The Hall–Kier alpha value is -1.48. The number of aromatic carboxylic acids is 1. The number of carbonyl (C=O) groups is 1. The molecule has 1 aromatic rings. The van der Waals surface area contributed by atoms with Gasteiger partial charge >= 0.3 is 5.97 Å². The second-order valence-corrected chi connectivity index (χ2v) is 3.71. The lowest BCUT2D eigenvalue weighted by Gasteiger charge is -2.11. The number of aryl methyl sites for hydroxylation is 1. The molecule has 0 amide bonds. The van der Waals surface area contributed by atoms with E-state index in [0.29, 0.717) is 17.3 Å². The minimum absolute atomic E-state index is 0.243. The molecule has 4 heteroatoms. The lowest BCUT2D eigenvalue weighted by Crippen LogP contribution is -2.09. The molecular formula is C11H12ClNO2. The molecule has 80 valence electrons. The van der Waals surface area contributed by atoms with Crippen molar-refractivity contribution in [3.8, 4) is 0 Å². The molecule has 1 aromatic carbocycles. The van der Waals surface area contributed by atoms with Gasteiger partial charge in [-0.3, -0.25) is 0 Å². The Morgan fingerprint density at radius 2 is 2.27 bits per heavy atom. The number of halogens is 1. The Balaban J connectivity index is 3.02. The van der Waals surface area contributed by atoms with Gasteiger partial charge in [0.2, 0.25) is 0 Å². The predicted molar refractivity (Wildman–Crippen MR) is 61.6 cm³/mol. The maximum absolute atomic E-state index is 10.9. The van der Waals surface area contributed by atoms with Crippen molar-refractivity contribution in [2.24, 2.45) is 0 Å². The fraction of sp³-hybridized carbons (Fsp3) is 0.182. The van der Waals surface area contributed by atoms with Gasteiger partial charge < -0.3 is 10.4 Å². The molecule has 0 aliphatic heterocycles. The van der Waals surface area contributed by atoms with E-state index in [4.69, 9.17) is 16.7 Å². The number of para-hydroxylation sites is 1. The third kappa shape index (κ3) is 2.99. The van der Waals surface area contributed by atoms with Crippen LogP contribution in [0.25, 0.3) is 0 Å². The van der Waals surface area contributed by atoms with Crippen LogP contribution in [0.4, 0.5) is 5.69 Å². The van der Waals surface area contributed by atoms with Gasteiger partial charge in [-0.1, -0.05) is 30.3 Å². The zero-order valence-electron chi connectivity index (χ0n) is 8.38. The summed E-state index contributed by atoms with van der Waals surface area (Å²) in [6.07, 6.45) is 0. The first-order valence-corrected chi connectivity index (χ1v) is 4.80. The van der Waals surface area contributed by atoms with E-state index in [1.165, 1.54) is 0 Å². The van der Waals surface area contributed by atoms with E-state index in [1.807, 2.05) is 13.0 Å². The Kier molecular flexibility index (Phi) is 3.74. The van der Waals surface area contributed by atoms with Crippen LogP contribution in [-0.4, -0.2) is 17.6 Å². The molecule has 0 aliphatic carbocycles. The average molecular weight is 226 g/mol. The fourth-order valence-corrected chi connectivity index (χ4v) is 1.33. The van der Waals surface area contributed by atoms with Crippen LogP contribution in [0.3, 0.4) is 0 Å². The van der Waals surface area contributed by atoms with Crippen LogP contribution >= 0.6 is 11.6 Å². The van der Waals surface area contributed by atoms with E-state index < -0.39 is 5.97 Å². The number of hydrogen-bond donors (Lipinski definition) is 2. The summed E-state index contributed by atoms with van der Waals surface area (Å²) in [5, 5.41) is 12.3. The molecule has 0 fully saturated rings. The zero-order chi connectivity index (χ0) is 11.4. The van der Waals surface area contributed by atoms with Gasteiger partial charge in [-0.15, -0.1) is 0 Å². The van der Waals surface area contributed by atoms with E-state index in [2.05, 4.69) is 11.9 Å². The standard InChI is InChI=1S/C11H12ClNO2/c1-7-4-3-5-9(11(14)15)10(7)13-6-8(2)12/h3-5,13H,2,6H2,1H3,(H,14,15). The molecule has 0 bridgehead atoms. The van der Waals surface area contributed by atoms with E-state index in [0.717, 1.165) is 5.56 Å². The molecule has 15 heavy (non-hydrogen) atoms. The van der Waals surface area contributed by atoms with E-state index >= 15 is 0 Å². The quantitative estimate of drug-likeness (QED) is 0.829. The number of anilines is 1. The zero-order valence-corrected chi connectivity index (χ0v) is 9.14. The maximum Gasteiger partial charge on any atom is 0.337 e. The molecule has 0 spiro atoms. The maximum atomic E-state index is 10.9. The second kappa shape index (κ2) is 4.84. The number of rotatable bonds is 4. The SMILES string of the molecule is C=C(Cl)CNc1c(C)cccc1C(=O)O. The fourth-order valence-electron chi connectivity index (χ4n) is 1.26. The van der Waals surface area contributed by atoms with Crippen molar-refractivity contribution in [2.75, 3.05) is 11.9 Å². The topological polar surface area (TPSA) is 49.3 Å². The largest absolute Gasteiger partial charge is 0.478 e. The number of hydrogen-bond acceptors (Lipinski definition) is 2. The highest BCUT2D eigenvalue weighted by Gasteiger charge is 2.11. The minimum Gasteiger partial charge on any atom is -0.478 e. The van der Waals surface area contributed by atoms with Gasteiger partial charge in [0, 0.05) is 5.03 Å². The van der Waals surface area contributed by atoms with Gasteiger partial charge in [0.1, 0.15) is 0 Å². The van der Waals surface area contributed by atoms with Crippen LogP contribution in [0.1, 0.15) is 15.9 Å². The highest BCUT2D eigenvalue weighted by molar-refractivity contribution is 6.29. The molecular weight excluding hydrogens is 214 g/mol. The highest BCUT2D eigenvalue weighted by atomic mass is 35.5. The van der Waals surface area contributed by atoms with Crippen molar-refractivity contribution >= 4 is 23.3 Å². The summed E-state index contributed by atoms with van der Waals surface area (Å²) in [5.41, 5.74) is 1.70. The lowest BCUT2D eigenvalue weighted by atomic mass is 10.1. The summed E-state index contributed by atoms with van der Waals surface area (Å²) in [5.74, 6) is -0.957. The van der Waals surface area contributed by atoms with Crippen LogP contribution in [0.2, 0.25) is 0 Å². The van der Waals surface area contributed by atoms with E-state index in [1.54, 1.807) is 12.1 Å². The first-order valence-electron chi connectivity index (χ1n) is 4.42. The Morgan fingerprint density at radius 3 is 2.80 bits per heavy atom. The first-order chi connectivity index (χ1) is 7.02. The van der Waals surface area contributed by atoms with Gasteiger partial charge in [-0.05, 0) is 18.6 Å². The normalized spacial score (nSPS) is 9.73. The average Bonchev–Trinajstić information content (AvgIpc) is 2.15. The van der Waals surface area contributed by atoms with Gasteiger partial charge in [-0.2, -0.15) is 0 Å². The van der Waals surface area contributed by atoms with E-state index in [9.17, 15) is 4.79 Å². The second-order valence-electron chi connectivity index (χ2n) is 3.17. The molecule has 0 unspecified atom stereocenters. The van der Waals surface area contributed by atoms with Crippen LogP contribution in [-0.2, 0) is 0 Å². The monoisotopic (exact) mass is 225 g/mol. The Bertz CT molecular complexity index is 402. The summed E-state index contributed by atoms with van der Waals surface area (Å²) >= 11 is 5.61. The van der Waals surface area contributed by atoms with Gasteiger partial charge in [0.05, 0.1) is 17.8 Å². The summed E-state index contributed by atoms with van der Waals surface area (Å²) in [7, 11) is 0. The van der Waals surface area contributed by atoms with Gasteiger partial charge in [0.15, 0.2) is 0 Å². The van der Waals surface area contributed by atoms with Gasteiger partial charge in [-0.25, -0.2) is 4.79 Å². The van der Waals surface area contributed by atoms with Crippen molar-refractivity contribution in [3.05, 3.63) is 40.9 Å².